The highest BCUT2D eigenvalue weighted by Gasteiger charge is 2.63. The highest BCUT2D eigenvalue weighted by Crippen LogP contribution is 2.47. The number of aromatic nitrogens is 1. The maximum atomic E-state index is 14.5. The van der Waals surface area contributed by atoms with E-state index in [0.717, 1.165) is 24.0 Å². The van der Waals surface area contributed by atoms with Gasteiger partial charge in [0.1, 0.15) is 35.3 Å². The number of carbonyl (C=O) groups is 3. The van der Waals surface area contributed by atoms with Crippen LogP contribution in [0.2, 0.25) is 0 Å². The Morgan fingerprint density at radius 3 is 2.73 bits per heavy atom. The van der Waals surface area contributed by atoms with E-state index in [9.17, 15) is 27.2 Å². The van der Waals surface area contributed by atoms with Crippen LogP contribution in [-0.4, -0.2) is 78.2 Å². The maximum Gasteiger partial charge on any atom is 0.274 e. The summed E-state index contributed by atoms with van der Waals surface area (Å²) in [6.07, 6.45) is 8.00. The summed E-state index contributed by atoms with van der Waals surface area (Å²) < 4.78 is 54.1. The van der Waals surface area contributed by atoms with Crippen LogP contribution in [0.3, 0.4) is 0 Å². The topological polar surface area (TPSA) is 156 Å². The molecule has 0 radical (unpaired) electrons. The lowest BCUT2D eigenvalue weighted by molar-refractivity contribution is -0.140. The van der Waals surface area contributed by atoms with Crippen LogP contribution in [0.1, 0.15) is 64.7 Å². The molecule has 0 bridgehead atoms. The Kier molecular flexibility index (Phi) is 9.46. The molecule has 5 atom stereocenters. The van der Waals surface area contributed by atoms with E-state index in [-0.39, 0.29) is 25.3 Å². The standard InChI is InChI=1S/C36H42FN5O7S2/c1-35(15-16-35)51(46,47)41-33(45)36-20-22(36)9-6-4-3-5-7-12-28(38-24-11-8-10-23(37)17-24)32(44)42-21-26(18-29(42)31(43)40-36)49-34-39-27-14-13-25(48-2)19-30(27)50-34/h6,8-11,13-14,17,19,22,26,28-29,38H,3-5,7,12,15-16,18,20-21H2,1-2H3,(H,40,43)(H,41,45)/t22-,26-,28+,29+,36-/m1/s1. The second kappa shape index (κ2) is 13.7. The zero-order valence-corrected chi connectivity index (χ0v) is 30.2. The van der Waals surface area contributed by atoms with Crippen molar-refractivity contribution in [1.82, 2.24) is 19.9 Å². The molecule has 4 aliphatic rings. The molecule has 0 unspecified atom stereocenters. The van der Waals surface area contributed by atoms with Crippen LogP contribution >= 0.6 is 11.3 Å². The van der Waals surface area contributed by atoms with E-state index in [0.29, 0.717) is 47.8 Å². The lowest BCUT2D eigenvalue weighted by atomic mass is 10.0. The zero-order chi connectivity index (χ0) is 36.0. The fourth-order valence-corrected chi connectivity index (χ4v) is 9.15. The lowest BCUT2D eigenvalue weighted by Gasteiger charge is -2.30. The first kappa shape index (κ1) is 35.2. The van der Waals surface area contributed by atoms with Crippen molar-refractivity contribution in [2.45, 2.75) is 93.2 Å². The van der Waals surface area contributed by atoms with Crippen molar-refractivity contribution in [3.8, 4) is 10.9 Å². The Balaban J connectivity index is 1.18. The Bertz CT molecular complexity index is 1980. The highest BCUT2D eigenvalue weighted by atomic mass is 32.2. The van der Waals surface area contributed by atoms with Crippen molar-refractivity contribution in [1.29, 1.82) is 0 Å². The molecule has 2 aliphatic carbocycles. The third-order valence-electron chi connectivity index (χ3n) is 10.5. The number of methoxy groups -OCH3 is 1. The van der Waals surface area contributed by atoms with Crippen molar-refractivity contribution in [3.05, 3.63) is 60.4 Å². The number of sulfonamides is 1. The summed E-state index contributed by atoms with van der Waals surface area (Å²) in [5, 5.41) is 6.47. The molecule has 15 heteroatoms. The number of anilines is 1. The Labute approximate surface area is 300 Å². The van der Waals surface area contributed by atoms with Gasteiger partial charge < -0.3 is 25.0 Å². The summed E-state index contributed by atoms with van der Waals surface area (Å²) in [4.78, 5) is 48.6. The van der Waals surface area contributed by atoms with Gasteiger partial charge in [0.25, 0.3) is 11.1 Å². The summed E-state index contributed by atoms with van der Waals surface area (Å²) in [5.41, 5.74) is -0.327. The van der Waals surface area contributed by atoms with Crippen molar-refractivity contribution in [2.24, 2.45) is 5.92 Å². The average Bonchev–Trinajstić information content (AvgIpc) is 3.91. The van der Waals surface area contributed by atoms with Crippen molar-refractivity contribution < 1.29 is 36.7 Å². The van der Waals surface area contributed by atoms with Gasteiger partial charge in [0.15, 0.2) is 0 Å². The smallest absolute Gasteiger partial charge is 0.274 e. The van der Waals surface area contributed by atoms with Crippen molar-refractivity contribution >= 4 is 55.0 Å². The molecule has 2 saturated carbocycles. The molecule has 3 heterocycles. The third kappa shape index (κ3) is 7.27. The quantitative estimate of drug-likeness (QED) is 0.280. The number of ether oxygens (including phenoxy) is 2. The summed E-state index contributed by atoms with van der Waals surface area (Å²) in [5.74, 6) is -1.90. The number of hydrogen-bond donors (Lipinski definition) is 3. The molecule has 3 aromatic rings. The van der Waals surface area contributed by atoms with E-state index in [1.807, 2.05) is 24.3 Å². The van der Waals surface area contributed by atoms with Crippen LogP contribution in [0.5, 0.6) is 10.9 Å². The molecule has 0 spiro atoms. The van der Waals surface area contributed by atoms with Gasteiger partial charge in [-0.1, -0.05) is 42.4 Å². The molecule has 51 heavy (non-hydrogen) atoms. The van der Waals surface area contributed by atoms with E-state index in [1.165, 1.54) is 28.4 Å². The van der Waals surface area contributed by atoms with Gasteiger partial charge >= 0.3 is 0 Å². The molecule has 2 aliphatic heterocycles. The fourth-order valence-electron chi connectivity index (χ4n) is 6.93. The van der Waals surface area contributed by atoms with Gasteiger partial charge in [0.05, 0.1) is 28.6 Å². The summed E-state index contributed by atoms with van der Waals surface area (Å²) in [6.45, 7) is 1.66. The maximum absolute atomic E-state index is 14.5. The summed E-state index contributed by atoms with van der Waals surface area (Å²) in [7, 11) is -2.38. The minimum Gasteiger partial charge on any atom is -0.497 e. The second-order valence-electron chi connectivity index (χ2n) is 14.2. The lowest BCUT2D eigenvalue weighted by Crippen LogP contribution is -2.58. The van der Waals surface area contributed by atoms with Gasteiger partial charge in [-0.3, -0.25) is 19.1 Å². The molecule has 1 aromatic heterocycles. The number of allylic oxidation sites excluding steroid dienone is 1. The summed E-state index contributed by atoms with van der Waals surface area (Å²) >= 11 is 1.32. The zero-order valence-electron chi connectivity index (χ0n) is 28.5. The molecular formula is C36H42FN5O7S2. The number of hydrogen-bond acceptors (Lipinski definition) is 10. The number of nitrogens with zero attached hydrogens (tertiary/aromatic N) is 2. The van der Waals surface area contributed by atoms with Crippen molar-refractivity contribution in [3.63, 3.8) is 0 Å². The first-order valence-corrected chi connectivity index (χ1v) is 19.7. The number of rotatable bonds is 8. The van der Waals surface area contributed by atoms with E-state index >= 15 is 0 Å². The number of thiazole rings is 1. The number of nitrogens with one attached hydrogen (secondary N) is 3. The Morgan fingerprint density at radius 1 is 1.14 bits per heavy atom. The highest BCUT2D eigenvalue weighted by molar-refractivity contribution is 7.91. The molecule has 2 aromatic carbocycles. The predicted octanol–water partition coefficient (Wildman–Crippen LogP) is 4.67. The molecule has 3 fully saturated rings. The van der Waals surface area contributed by atoms with Gasteiger partial charge in [-0.15, -0.1) is 0 Å². The van der Waals surface area contributed by atoms with Crippen LogP contribution < -0.4 is 24.8 Å². The van der Waals surface area contributed by atoms with Gasteiger partial charge in [-0.2, -0.15) is 0 Å². The fraction of sp³-hybridized carbons (Fsp3) is 0.500. The minimum atomic E-state index is -3.96. The van der Waals surface area contributed by atoms with Crippen LogP contribution in [-0.2, 0) is 24.4 Å². The first-order chi connectivity index (χ1) is 24.4. The Hall–Kier alpha value is -4.24. The number of benzene rings is 2. The Morgan fingerprint density at radius 2 is 1.96 bits per heavy atom. The molecule has 3 amide bonds. The first-order valence-electron chi connectivity index (χ1n) is 17.4. The minimum absolute atomic E-state index is 0.0623. The molecule has 272 valence electrons. The van der Waals surface area contributed by atoms with Gasteiger partial charge in [0.2, 0.25) is 21.8 Å². The van der Waals surface area contributed by atoms with E-state index in [4.69, 9.17) is 9.47 Å². The number of amides is 3. The van der Waals surface area contributed by atoms with Crippen LogP contribution in [0.15, 0.2) is 54.6 Å². The van der Waals surface area contributed by atoms with Gasteiger partial charge in [0, 0.05) is 18.0 Å². The second-order valence-corrected chi connectivity index (χ2v) is 17.4. The molecular weight excluding hydrogens is 698 g/mol. The molecule has 3 N–H and O–H groups in total. The van der Waals surface area contributed by atoms with Crippen LogP contribution in [0.4, 0.5) is 10.1 Å². The van der Waals surface area contributed by atoms with Crippen LogP contribution in [0, 0.1) is 11.7 Å². The summed E-state index contributed by atoms with van der Waals surface area (Å²) in [6, 6.07) is 9.56. The van der Waals surface area contributed by atoms with E-state index in [1.54, 1.807) is 32.2 Å². The largest absolute Gasteiger partial charge is 0.497 e. The van der Waals surface area contributed by atoms with E-state index < -0.39 is 62.0 Å². The normalized spacial score (nSPS) is 27.7. The number of fused-ring (bicyclic) bond motifs is 3. The van der Waals surface area contributed by atoms with Crippen LogP contribution in [0.25, 0.3) is 10.2 Å². The monoisotopic (exact) mass is 739 g/mol. The number of halogens is 1. The van der Waals surface area contributed by atoms with Gasteiger partial charge in [-0.25, -0.2) is 17.8 Å². The van der Waals surface area contributed by atoms with Crippen molar-refractivity contribution in [2.75, 3.05) is 19.0 Å². The molecule has 1 saturated heterocycles. The molecule has 12 nitrogen and oxygen atoms in total. The SMILES string of the molecule is COc1ccc2nc(O[C@@H]3C[C@H]4C(=O)N[C@]5(C(=O)NS(=O)(=O)C6(C)CC6)C[C@H]5C=CCCCCC[C@H](Nc5cccc(F)c5)C(=O)N4C3)sc2c1. The average molecular weight is 740 g/mol. The third-order valence-corrected chi connectivity index (χ3v) is 13.6. The number of carbonyl (C=O) groups excluding carboxylic acids is 3. The van der Waals surface area contributed by atoms with Gasteiger partial charge in [-0.05, 0) is 81.8 Å². The predicted molar refractivity (Wildman–Crippen MR) is 190 cm³/mol. The van der Waals surface area contributed by atoms with E-state index in [2.05, 4.69) is 20.3 Å². The molecule has 7 rings (SSSR count).